The molecule has 1 aliphatic carbocycles. The molecule has 0 radical (unpaired) electrons. The molecule has 0 bridgehead atoms. The molecule has 6 heteroatoms. The second-order valence-electron chi connectivity index (χ2n) is 6.85. The number of carbonyl (C=O) groups is 1. The second-order valence-corrected chi connectivity index (χ2v) is 6.85. The van der Waals surface area contributed by atoms with Gasteiger partial charge >= 0.3 is 6.03 Å². The number of nitrogens with one attached hydrogen (secondary N) is 3. The van der Waals surface area contributed by atoms with Crippen molar-refractivity contribution in [2.24, 2.45) is 5.41 Å². The van der Waals surface area contributed by atoms with E-state index in [1.165, 1.54) is 6.42 Å². The number of halogens is 1. The summed E-state index contributed by atoms with van der Waals surface area (Å²) in [6, 6.07) is 0.806. The van der Waals surface area contributed by atoms with Crippen molar-refractivity contribution in [2.45, 2.75) is 44.7 Å². The summed E-state index contributed by atoms with van der Waals surface area (Å²) in [4.78, 5) is 14.2. The lowest BCUT2D eigenvalue weighted by molar-refractivity contribution is 0.204. The van der Waals surface area contributed by atoms with Crippen molar-refractivity contribution in [1.29, 1.82) is 0 Å². The van der Waals surface area contributed by atoms with Gasteiger partial charge in [0.1, 0.15) is 0 Å². The Bertz CT molecular complexity index is 342. The van der Waals surface area contributed by atoms with E-state index in [2.05, 4.69) is 27.8 Å². The molecular formula is C14H27ClN4O. The molecule has 3 aliphatic rings. The van der Waals surface area contributed by atoms with Crippen LogP contribution in [0, 0.1) is 5.41 Å². The Kier molecular flexibility index (Phi) is 5.15. The summed E-state index contributed by atoms with van der Waals surface area (Å²) in [5.41, 5.74) is 0.422. The molecule has 2 saturated heterocycles. The number of hydrogen-bond donors (Lipinski definition) is 3. The van der Waals surface area contributed by atoms with Crippen LogP contribution in [0.4, 0.5) is 4.79 Å². The first kappa shape index (κ1) is 15.9. The van der Waals surface area contributed by atoms with Crippen LogP contribution in [0.1, 0.15) is 32.6 Å². The molecule has 2 atom stereocenters. The first-order chi connectivity index (χ1) is 9.13. The molecule has 0 spiro atoms. The van der Waals surface area contributed by atoms with E-state index in [1.807, 2.05) is 0 Å². The Morgan fingerprint density at radius 2 is 2.05 bits per heavy atom. The van der Waals surface area contributed by atoms with Crippen LogP contribution in [-0.4, -0.2) is 55.7 Å². The van der Waals surface area contributed by atoms with Gasteiger partial charge in [-0.3, -0.25) is 0 Å². The minimum Gasteiger partial charge on any atom is -0.335 e. The Hall–Kier alpha value is -0.520. The van der Waals surface area contributed by atoms with Crippen LogP contribution in [0.5, 0.6) is 0 Å². The highest BCUT2D eigenvalue weighted by molar-refractivity contribution is 5.85. The van der Waals surface area contributed by atoms with Crippen molar-refractivity contribution in [3.8, 4) is 0 Å². The molecule has 1 saturated carbocycles. The van der Waals surface area contributed by atoms with Gasteiger partial charge in [-0.1, -0.05) is 6.92 Å². The van der Waals surface area contributed by atoms with Crippen molar-refractivity contribution in [2.75, 3.05) is 32.7 Å². The van der Waals surface area contributed by atoms with E-state index in [0.29, 0.717) is 17.5 Å². The summed E-state index contributed by atoms with van der Waals surface area (Å²) in [6.45, 7) is 7.92. The highest BCUT2D eigenvalue weighted by Crippen LogP contribution is 2.27. The Morgan fingerprint density at radius 3 is 2.70 bits per heavy atom. The number of likely N-dealkylation sites (tertiary alicyclic amines) is 1. The minimum absolute atomic E-state index is 0. The molecule has 2 unspecified atom stereocenters. The predicted octanol–water partition coefficient (Wildman–Crippen LogP) is 0.944. The zero-order valence-electron chi connectivity index (χ0n) is 12.3. The van der Waals surface area contributed by atoms with Crippen molar-refractivity contribution in [3.63, 3.8) is 0 Å². The van der Waals surface area contributed by atoms with E-state index in [-0.39, 0.29) is 18.4 Å². The van der Waals surface area contributed by atoms with Gasteiger partial charge in [-0.05, 0) is 37.6 Å². The maximum Gasteiger partial charge on any atom is 0.315 e. The molecule has 20 heavy (non-hydrogen) atoms. The average molecular weight is 303 g/mol. The smallest absolute Gasteiger partial charge is 0.315 e. The minimum atomic E-state index is 0. The lowest BCUT2D eigenvalue weighted by atomic mass is 9.89. The van der Waals surface area contributed by atoms with Gasteiger partial charge in [-0.2, -0.15) is 0 Å². The maximum atomic E-state index is 11.7. The van der Waals surface area contributed by atoms with Gasteiger partial charge in [-0.25, -0.2) is 4.79 Å². The molecule has 2 heterocycles. The molecule has 3 N–H and O–H groups in total. The van der Waals surface area contributed by atoms with Crippen LogP contribution in [-0.2, 0) is 0 Å². The monoisotopic (exact) mass is 302 g/mol. The van der Waals surface area contributed by atoms with E-state index in [9.17, 15) is 4.79 Å². The standard InChI is InChI=1S/C14H26N4O.ClH/c1-14(5-6-15-9-14)10-18-7-4-12(8-18)17-13(19)16-11-2-3-11;/h11-12,15H,2-10H2,1H3,(H2,16,17,19);1H. The molecule has 0 aromatic heterocycles. The van der Waals surface area contributed by atoms with Gasteiger partial charge in [0.05, 0.1) is 0 Å². The lowest BCUT2D eigenvalue weighted by Gasteiger charge is -2.29. The predicted molar refractivity (Wildman–Crippen MR) is 82.4 cm³/mol. The number of amides is 2. The summed E-state index contributed by atoms with van der Waals surface area (Å²) in [7, 11) is 0. The fraction of sp³-hybridized carbons (Fsp3) is 0.929. The third kappa shape index (κ3) is 4.24. The van der Waals surface area contributed by atoms with Crippen molar-refractivity contribution in [1.82, 2.24) is 20.9 Å². The highest BCUT2D eigenvalue weighted by Gasteiger charge is 2.34. The largest absolute Gasteiger partial charge is 0.335 e. The fourth-order valence-electron chi connectivity index (χ4n) is 3.28. The summed E-state index contributed by atoms with van der Waals surface area (Å²) in [5.74, 6) is 0. The topological polar surface area (TPSA) is 56.4 Å². The van der Waals surface area contributed by atoms with Crippen LogP contribution < -0.4 is 16.0 Å². The van der Waals surface area contributed by atoms with Gasteiger partial charge in [0, 0.05) is 38.3 Å². The summed E-state index contributed by atoms with van der Waals surface area (Å²) in [6.07, 6.45) is 4.65. The van der Waals surface area contributed by atoms with E-state index in [0.717, 1.165) is 52.0 Å². The molecule has 2 aliphatic heterocycles. The first-order valence-electron chi connectivity index (χ1n) is 7.63. The second kappa shape index (κ2) is 6.50. The van der Waals surface area contributed by atoms with Crippen molar-refractivity contribution >= 4 is 18.4 Å². The van der Waals surface area contributed by atoms with Crippen LogP contribution in [0.25, 0.3) is 0 Å². The third-order valence-electron chi connectivity index (χ3n) is 4.58. The summed E-state index contributed by atoms with van der Waals surface area (Å²) >= 11 is 0. The van der Waals surface area contributed by atoms with Crippen LogP contribution in [0.3, 0.4) is 0 Å². The Labute approximate surface area is 127 Å². The van der Waals surface area contributed by atoms with E-state index >= 15 is 0 Å². The maximum absolute atomic E-state index is 11.7. The quantitative estimate of drug-likeness (QED) is 0.724. The lowest BCUT2D eigenvalue weighted by Crippen LogP contribution is -2.45. The molecule has 0 aromatic rings. The van der Waals surface area contributed by atoms with Crippen molar-refractivity contribution in [3.05, 3.63) is 0 Å². The van der Waals surface area contributed by atoms with E-state index < -0.39 is 0 Å². The van der Waals surface area contributed by atoms with Crippen LogP contribution in [0.2, 0.25) is 0 Å². The molecule has 0 aromatic carbocycles. The normalized spacial score (nSPS) is 33.8. The van der Waals surface area contributed by atoms with Crippen LogP contribution in [0.15, 0.2) is 0 Å². The van der Waals surface area contributed by atoms with Gasteiger partial charge in [-0.15, -0.1) is 12.4 Å². The summed E-state index contributed by atoms with van der Waals surface area (Å²) in [5, 5.41) is 9.56. The molecular weight excluding hydrogens is 276 g/mol. The van der Waals surface area contributed by atoms with Crippen molar-refractivity contribution < 1.29 is 4.79 Å². The molecule has 5 nitrogen and oxygen atoms in total. The number of hydrogen-bond acceptors (Lipinski definition) is 3. The number of rotatable bonds is 4. The molecule has 3 fully saturated rings. The summed E-state index contributed by atoms with van der Waals surface area (Å²) < 4.78 is 0. The van der Waals surface area contributed by atoms with Gasteiger partial charge in [0.25, 0.3) is 0 Å². The number of carbonyl (C=O) groups excluding carboxylic acids is 1. The molecule has 2 amide bonds. The highest BCUT2D eigenvalue weighted by atomic mass is 35.5. The van der Waals surface area contributed by atoms with E-state index in [4.69, 9.17) is 0 Å². The average Bonchev–Trinajstić information content (AvgIpc) is 2.88. The Balaban J connectivity index is 0.00000147. The number of nitrogens with zero attached hydrogens (tertiary/aromatic N) is 1. The van der Waals surface area contributed by atoms with Gasteiger partial charge in [0.2, 0.25) is 0 Å². The first-order valence-corrected chi connectivity index (χ1v) is 7.63. The van der Waals surface area contributed by atoms with Crippen LogP contribution >= 0.6 is 12.4 Å². The molecule has 3 rings (SSSR count). The zero-order chi connectivity index (χ0) is 13.3. The third-order valence-corrected chi connectivity index (χ3v) is 4.58. The Morgan fingerprint density at radius 1 is 1.30 bits per heavy atom. The van der Waals surface area contributed by atoms with E-state index in [1.54, 1.807) is 0 Å². The number of urea groups is 1. The molecule has 116 valence electrons. The SMILES string of the molecule is CC1(CN2CCC(NC(=O)NC3CC3)C2)CCNC1.Cl. The fourth-order valence-corrected chi connectivity index (χ4v) is 3.28. The van der Waals surface area contributed by atoms with Gasteiger partial charge < -0.3 is 20.9 Å². The van der Waals surface area contributed by atoms with Gasteiger partial charge in [0.15, 0.2) is 0 Å². The zero-order valence-corrected chi connectivity index (χ0v) is 13.1.